The van der Waals surface area contributed by atoms with Gasteiger partial charge in [-0.1, -0.05) is 42.8 Å². The maximum absolute atomic E-state index is 11.1. The van der Waals surface area contributed by atoms with Gasteiger partial charge in [0, 0.05) is 11.8 Å². The molecule has 3 nitrogen and oxygen atoms in total. The zero-order chi connectivity index (χ0) is 13.6. The van der Waals surface area contributed by atoms with Crippen LogP contribution in [0, 0.1) is 12.3 Å². The van der Waals surface area contributed by atoms with Crippen molar-refractivity contribution in [3.8, 4) is 0 Å². The molecule has 98 valence electrons. The van der Waals surface area contributed by atoms with Gasteiger partial charge in [0.1, 0.15) is 5.60 Å². The van der Waals surface area contributed by atoms with Gasteiger partial charge in [0.15, 0.2) is 0 Å². The first-order valence-electron chi connectivity index (χ1n) is 6.30. The Morgan fingerprint density at radius 1 is 1.39 bits per heavy atom. The molecule has 1 aromatic carbocycles. The number of rotatable bonds is 2. The number of nitrogens with zero attached hydrogens (tertiary/aromatic N) is 1. The lowest BCUT2D eigenvalue weighted by Crippen LogP contribution is -2.40. The lowest BCUT2D eigenvalue weighted by atomic mass is 9.72. The van der Waals surface area contributed by atoms with E-state index in [9.17, 15) is 5.11 Å². The number of aryl methyl sites for hydroxylation is 1. The van der Waals surface area contributed by atoms with Gasteiger partial charge in [0.2, 0.25) is 0 Å². The molecular weight excluding hydrogens is 226 g/mol. The predicted octanol–water partition coefficient (Wildman–Crippen LogP) is 3.01. The van der Waals surface area contributed by atoms with E-state index in [1.165, 1.54) is 5.56 Å². The molecule has 18 heavy (non-hydrogen) atoms. The fourth-order valence-corrected chi connectivity index (χ4v) is 2.96. The molecular formula is C15H21NO2. The molecule has 0 saturated heterocycles. The SMILES string of the molecule is CC(CC1(O)c2cc(C)ccc2CC1(C)C)=NO. The van der Waals surface area contributed by atoms with Gasteiger partial charge in [0.25, 0.3) is 0 Å². The maximum Gasteiger partial charge on any atom is 0.101 e. The molecule has 1 aliphatic carbocycles. The van der Waals surface area contributed by atoms with Crippen molar-refractivity contribution < 1.29 is 10.3 Å². The largest absolute Gasteiger partial charge is 0.411 e. The molecule has 0 aliphatic heterocycles. The summed E-state index contributed by atoms with van der Waals surface area (Å²) in [5.74, 6) is 0. The minimum absolute atomic E-state index is 0.255. The first-order valence-corrected chi connectivity index (χ1v) is 6.30. The van der Waals surface area contributed by atoms with E-state index in [0.717, 1.165) is 17.5 Å². The number of fused-ring (bicyclic) bond motifs is 1. The van der Waals surface area contributed by atoms with Crippen LogP contribution in [0.1, 0.15) is 43.9 Å². The van der Waals surface area contributed by atoms with Crippen LogP contribution in [0.4, 0.5) is 0 Å². The van der Waals surface area contributed by atoms with E-state index in [2.05, 4.69) is 37.2 Å². The van der Waals surface area contributed by atoms with Crippen molar-refractivity contribution in [1.29, 1.82) is 0 Å². The van der Waals surface area contributed by atoms with Crippen molar-refractivity contribution in [3.63, 3.8) is 0 Å². The Bertz CT molecular complexity index is 505. The molecule has 0 bridgehead atoms. The first kappa shape index (κ1) is 13.1. The molecule has 1 aliphatic rings. The van der Waals surface area contributed by atoms with E-state index in [0.29, 0.717) is 12.1 Å². The Balaban J connectivity index is 2.54. The predicted molar refractivity (Wildman–Crippen MR) is 72.1 cm³/mol. The molecule has 0 fully saturated rings. The van der Waals surface area contributed by atoms with Gasteiger partial charge >= 0.3 is 0 Å². The maximum atomic E-state index is 11.1. The average molecular weight is 247 g/mol. The van der Waals surface area contributed by atoms with Crippen molar-refractivity contribution in [1.82, 2.24) is 0 Å². The summed E-state index contributed by atoms with van der Waals surface area (Å²) in [7, 11) is 0. The van der Waals surface area contributed by atoms with Crippen LogP contribution in [0.25, 0.3) is 0 Å². The zero-order valence-electron chi connectivity index (χ0n) is 11.5. The Labute approximate surface area is 108 Å². The minimum atomic E-state index is -0.954. The van der Waals surface area contributed by atoms with Crippen molar-refractivity contribution in [2.45, 2.75) is 46.1 Å². The molecule has 0 heterocycles. The summed E-state index contributed by atoms with van der Waals surface area (Å²) >= 11 is 0. The summed E-state index contributed by atoms with van der Waals surface area (Å²) in [6.07, 6.45) is 1.21. The quantitative estimate of drug-likeness (QED) is 0.479. The summed E-state index contributed by atoms with van der Waals surface area (Å²) in [4.78, 5) is 0. The lowest BCUT2D eigenvalue weighted by Gasteiger charge is -2.37. The average Bonchev–Trinajstić information content (AvgIpc) is 2.48. The highest BCUT2D eigenvalue weighted by Gasteiger charge is 2.51. The van der Waals surface area contributed by atoms with Crippen LogP contribution >= 0.6 is 0 Å². The van der Waals surface area contributed by atoms with E-state index in [-0.39, 0.29) is 5.41 Å². The molecule has 1 atom stereocenters. The van der Waals surface area contributed by atoms with Crippen LogP contribution in [-0.2, 0) is 12.0 Å². The summed E-state index contributed by atoms with van der Waals surface area (Å²) in [5, 5.41) is 23.2. The molecule has 2 rings (SSSR count). The molecule has 0 aromatic heterocycles. The van der Waals surface area contributed by atoms with Gasteiger partial charge in [-0.15, -0.1) is 0 Å². The highest BCUT2D eigenvalue weighted by Crippen LogP contribution is 2.52. The van der Waals surface area contributed by atoms with E-state index >= 15 is 0 Å². The number of hydrogen-bond acceptors (Lipinski definition) is 3. The summed E-state index contributed by atoms with van der Waals surface area (Å²) < 4.78 is 0. The first-order chi connectivity index (χ1) is 8.30. The second-order valence-corrected chi connectivity index (χ2v) is 6.09. The normalized spacial score (nSPS) is 26.2. The van der Waals surface area contributed by atoms with Crippen LogP contribution in [0.5, 0.6) is 0 Å². The van der Waals surface area contributed by atoms with E-state index in [1.807, 2.05) is 6.92 Å². The topological polar surface area (TPSA) is 52.8 Å². The van der Waals surface area contributed by atoms with Crippen LogP contribution in [-0.4, -0.2) is 16.0 Å². The number of benzene rings is 1. The number of aliphatic hydroxyl groups is 1. The van der Waals surface area contributed by atoms with E-state index in [1.54, 1.807) is 6.92 Å². The Morgan fingerprint density at radius 2 is 2.06 bits per heavy atom. The standard InChI is InChI=1S/C15H21NO2/c1-10-5-6-12-9-14(3,4)15(17,13(12)7-10)8-11(2)16-18/h5-7,17-18H,8-9H2,1-4H3. The molecule has 0 amide bonds. The van der Waals surface area contributed by atoms with Crippen molar-refractivity contribution >= 4 is 5.71 Å². The fourth-order valence-electron chi connectivity index (χ4n) is 2.96. The van der Waals surface area contributed by atoms with Crippen LogP contribution in [0.15, 0.2) is 23.4 Å². The summed E-state index contributed by atoms with van der Waals surface area (Å²) in [5.41, 5.74) is 2.66. The third kappa shape index (κ3) is 1.83. The van der Waals surface area contributed by atoms with Gasteiger partial charge in [-0.25, -0.2) is 0 Å². The Kier molecular flexibility index (Phi) is 2.98. The Hall–Kier alpha value is -1.35. The molecule has 0 spiro atoms. The van der Waals surface area contributed by atoms with E-state index in [4.69, 9.17) is 5.21 Å². The van der Waals surface area contributed by atoms with Gasteiger partial charge in [0.05, 0.1) is 5.71 Å². The number of hydrogen-bond donors (Lipinski definition) is 2. The summed E-state index contributed by atoms with van der Waals surface area (Å²) in [6.45, 7) is 7.89. The Morgan fingerprint density at radius 3 is 2.67 bits per heavy atom. The van der Waals surface area contributed by atoms with Gasteiger partial charge in [-0.05, 0) is 31.4 Å². The second-order valence-electron chi connectivity index (χ2n) is 6.09. The lowest BCUT2D eigenvalue weighted by molar-refractivity contribution is -0.0533. The van der Waals surface area contributed by atoms with Crippen molar-refractivity contribution in [2.24, 2.45) is 10.6 Å². The third-order valence-corrected chi connectivity index (χ3v) is 4.15. The smallest absolute Gasteiger partial charge is 0.101 e. The molecule has 0 saturated carbocycles. The van der Waals surface area contributed by atoms with E-state index < -0.39 is 5.60 Å². The zero-order valence-corrected chi connectivity index (χ0v) is 11.5. The second kappa shape index (κ2) is 4.09. The van der Waals surface area contributed by atoms with Gasteiger partial charge in [-0.2, -0.15) is 0 Å². The van der Waals surface area contributed by atoms with Crippen LogP contribution < -0.4 is 0 Å². The molecule has 2 N–H and O–H groups in total. The molecule has 0 radical (unpaired) electrons. The molecule has 1 aromatic rings. The van der Waals surface area contributed by atoms with Gasteiger partial charge in [-0.3, -0.25) is 0 Å². The third-order valence-electron chi connectivity index (χ3n) is 4.15. The monoisotopic (exact) mass is 247 g/mol. The van der Waals surface area contributed by atoms with Crippen LogP contribution in [0.3, 0.4) is 0 Å². The van der Waals surface area contributed by atoms with Gasteiger partial charge < -0.3 is 10.3 Å². The highest BCUT2D eigenvalue weighted by atomic mass is 16.4. The van der Waals surface area contributed by atoms with Crippen molar-refractivity contribution in [3.05, 3.63) is 34.9 Å². The van der Waals surface area contributed by atoms with Crippen molar-refractivity contribution in [2.75, 3.05) is 0 Å². The molecule has 3 heteroatoms. The number of oxime groups is 1. The minimum Gasteiger partial charge on any atom is -0.411 e. The summed E-state index contributed by atoms with van der Waals surface area (Å²) in [6, 6.07) is 6.22. The fraction of sp³-hybridized carbons (Fsp3) is 0.533. The highest BCUT2D eigenvalue weighted by molar-refractivity contribution is 5.83. The molecule has 1 unspecified atom stereocenters. The van der Waals surface area contributed by atoms with Crippen LogP contribution in [0.2, 0.25) is 0 Å².